The fraction of sp³-hybridized carbons (Fsp3) is 0.680. The lowest BCUT2D eigenvalue weighted by atomic mass is 10.0. The quantitative estimate of drug-likeness (QED) is 0.325. The normalized spacial score (nSPS) is 22.9. The van der Waals surface area contributed by atoms with Crippen molar-refractivity contribution >= 4 is 35.8 Å². The molecule has 3 heterocycles. The van der Waals surface area contributed by atoms with Crippen molar-refractivity contribution in [3.05, 3.63) is 35.9 Å². The lowest BCUT2D eigenvalue weighted by Crippen LogP contribution is -2.50. The van der Waals surface area contributed by atoms with Crippen molar-refractivity contribution in [3.63, 3.8) is 0 Å². The number of piperidine rings is 1. The minimum absolute atomic E-state index is 0. The van der Waals surface area contributed by atoms with Crippen LogP contribution < -0.4 is 5.32 Å². The average Bonchev–Trinajstić information content (AvgIpc) is 3.50. The molecule has 0 aromatic heterocycles. The van der Waals surface area contributed by atoms with E-state index < -0.39 is 0 Å². The molecule has 1 atom stereocenters. The number of hydrogen-bond acceptors (Lipinski definition) is 4. The molecule has 0 aliphatic carbocycles. The first-order valence-electron chi connectivity index (χ1n) is 12.3. The number of nitrogens with one attached hydrogen (secondary N) is 1. The zero-order valence-corrected chi connectivity index (χ0v) is 22.6. The van der Waals surface area contributed by atoms with Crippen molar-refractivity contribution in [2.45, 2.75) is 50.7 Å². The van der Waals surface area contributed by atoms with E-state index in [-0.39, 0.29) is 36.4 Å². The molecule has 4 rings (SSSR count). The van der Waals surface area contributed by atoms with Gasteiger partial charge in [-0.1, -0.05) is 30.3 Å². The zero-order chi connectivity index (χ0) is 22.3. The number of hydrogen-bond donors (Lipinski definition) is 1. The van der Waals surface area contributed by atoms with E-state index >= 15 is 0 Å². The van der Waals surface area contributed by atoms with Gasteiger partial charge in [-0.15, -0.1) is 24.0 Å². The van der Waals surface area contributed by atoms with Crippen LogP contribution in [-0.2, 0) is 11.3 Å². The van der Waals surface area contributed by atoms with Gasteiger partial charge in [0.25, 0.3) is 0 Å². The van der Waals surface area contributed by atoms with Gasteiger partial charge in [-0.3, -0.25) is 14.6 Å². The Bertz CT molecular complexity index is 759. The van der Waals surface area contributed by atoms with Crippen LogP contribution in [0.5, 0.6) is 0 Å². The van der Waals surface area contributed by atoms with E-state index in [1.165, 1.54) is 37.9 Å². The summed E-state index contributed by atoms with van der Waals surface area (Å²) in [5.74, 6) is 0.987. The van der Waals surface area contributed by atoms with Crippen molar-refractivity contribution in [2.24, 2.45) is 4.99 Å². The first kappa shape index (κ1) is 26.2. The maximum Gasteiger partial charge on any atom is 0.243 e. The standard InChI is InChI=1S/C25H40N6O.HI/c1-28(2)24(32)18-26-25(31-17-12-23(20-31)30-13-6-7-14-30)27-22-10-15-29(16-11-22)19-21-8-4-3-5-9-21;/h3-5,8-9,22-23H,6-7,10-20H2,1-2H3,(H,26,27);1H. The molecule has 8 heteroatoms. The van der Waals surface area contributed by atoms with Crippen molar-refractivity contribution in [3.8, 4) is 0 Å². The molecule has 0 radical (unpaired) electrons. The summed E-state index contributed by atoms with van der Waals surface area (Å²) in [5.41, 5.74) is 1.38. The van der Waals surface area contributed by atoms with Crippen LogP contribution in [-0.4, -0.2) is 103 Å². The van der Waals surface area contributed by atoms with Crippen LogP contribution >= 0.6 is 24.0 Å². The molecule has 7 nitrogen and oxygen atoms in total. The fourth-order valence-corrected chi connectivity index (χ4v) is 5.12. The molecule has 3 fully saturated rings. The minimum atomic E-state index is 0. The number of halogens is 1. The number of carbonyl (C=O) groups excluding carboxylic acids is 1. The lowest BCUT2D eigenvalue weighted by molar-refractivity contribution is -0.127. The fourth-order valence-electron chi connectivity index (χ4n) is 5.12. The van der Waals surface area contributed by atoms with Gasteiger partial charge in [0.05, 0.1) is 0 Å². The van der Waals surface area contributed by atoms with Crippen LogP contribution in [0.25, 0.3) is 0 Å². The molecule has 0 bridgehead atoms. The molecule has 3 aliphatic heterocycles. The van der Waals surface area contributed by atoms with E-state index in [2.05, 4.69) is 50.3 Å². The van der Waals surface area contributed by atoms with Gasteiger partial charge in [0, 0.05) is 58.9 Å². The molecule has 1 aromatic carbocycles. The third kappa shape index (κ3) is 7.55. The van der Waals surface area contributed by atoms with Gasteiger partial charge in [-0.2, -0.15) is 0 Å². The number of aliphatic imine (C=N–C) groups is 1. The summed E-state index contributed by atoms with van der Waals surface area (Å²) >= 11 is 0. The van der Waals surface area contributed by atoms with E-state index in [1.54, 1.807) is 19.0 Å². The molecule has 1 unspecified atom stereocenters. The smallest absolute Gasteiger partial charge is 0.243 e. The van der Waals surface area contributed by atoms with E-state index in [0.29, 0.717) is 12.1 Å². The summed E-state index contributed by atoms with van der Waals surface area (Å²) in [4.78, 5) is 26.2. The number of benzene rings is 1. The first-order valence-corrected chi connectivity index (χ1v) is 12.3. The Kier molecular flexibility index (Phi) is 10.2. The molecule has 0 saturated carbocycles. The minimum Gasteiger partial charge on any atom is -0.353 e. The largest absolute Gasteiger partial charge is 0.353 e. The molecular weight excluding hydrogens is 527 g/mol. The maximum atomic E-state index is 12.2. The van der Waals surface area contributed by atoms with Gasteiger partial charge in [-0.25, -0.2) is 4.99 Å². The molecule has 1 aromatic rings. The lowest BCUT2D eigenvalue weighted by Gasteiger charge is -2.34. The SMILES string of the molecule is CN(C)C(=O)CN=C(NC1CCN(Cc2ccccc2)CC1)N1CCC(N2CCCC2)C1.I. The van der Waals surface area contributed by atoms with Crippen LogP contribution in [0, 0.1) is 0 Å². The monoisotopic (exact) mass is 568 g/mol. The third-order valence-corrected chi connectivity index (χ3v) is 7.15. The van der Waals surface area contributed by atoms with E-state index in [9.17, 15) is 4.79 Å². The number of likely N-dealkylation sites (tertiary alicyclic amines) is 3. The second-order valence-electron chi connectivity index (χ2n) is 9.74. The number of carbonyl (C=O) groups is 1. The molecule has 184 valence electrons. The van der Waals surface area contributed by atoms with Crippen LogP contribution in [0.3, 0.4) is 0 Å². The summed E-state index contributed by atoms with van der Waals surface area (Å²) in [7, 11) is 3.60. The molecule has 1 amide bonds. The Hall–Kier alpha value is -1.39. The van der Waals surface area contributed by atoms with Gasteiger partial charge in [0.2, 0.25) is 5.91 Å². The van der Waals surface area contributed by atoms with Crippen LogP contribution in [0.1, 0.15) is 37.7 Å². The predicted octanol–water partition coefficient (Wildman–Crippen LogP) is 2.47. The van der Waals surface area contributed by atoms with Gasteiger partial charge >= 0.3 is 0 Å². The molecule has 33 heavy (non-hydrogen) atoms. The van der Waals surface area contributed by atoms with Gasteiger partial charge in [0.15, 0.2) is 5.96 Å². The molecular formula is C25H41IN6O. The number of rotatable bonds is 6. The highest BCUT2D eigenvalue weighted by atomic mass is 127. The first-order chi connectivity index (χ1) is 15.6. The van der Waals surface area contributed by atoms with Crippen LogP contribution in [0.15, 0.2) is 35.3 Å². The number of nitrogens with zero attached hydrogens (tertiary/aromatic N) is 5. The zero-order valence-electron chi connectivity index (χ0n) is 20.3. The van der Waals surface area contributed by atoms with E-state index in [4.69, 9.17) is 4.99 Å². The average molecular weight is 569 g/mol. The summed E-state index contributed by atoms with van der Waals surface area (Å²) in [6, 6.07) is 11.8. The van der Waals surface area contributed by atoms with E-state index in [1.807, 2.05) is 0 Å². The summed E-state index contributed by atoms with van der Waals surface area (Å²) < 4.78 is 0. The van der Waals surface area contributed by atoms with Crippen molar-refractivity contribution in [2.75, 3.05) is 59.9 Å². The molecule has 0 spiro atoms. The third-order valence-electron chi connectivity index (χ3n) is 7.15. The Balaban J connectivity index is 0.00000306. The predicted molar refractivity (Wildman–Crippen MR) is 145 cm³/mol. The summed E-state index contributed by atoms with van der Waals surface area (Å²) in [5, 5.41) is 3.75. The van der Waals surface area contributed by atoms with Gasteiger partial charge in [0.1, 0.15) is 6.54 Å². The second-order valence-corrected chi connectivity index (χ2v) is 9.74. The van der Waals surface area contributed by atoms with Gasteiger partial charge in [-0.05, 0) is 50.8 Å². The highest BCUT2D eigenvalue weighted by Crippen LogP contribution is 2.21. The van der Waals surface area contributed by atoms with E-state index in [0.717, 1.165) is 51.5 Å². The summed E-state index contributed by atoms with van der Waals surface area (Å²) in [6.07, 6.45) is 6.06. The molecule has 3 aliphatic rings. The van der Waals surface area contributed by atoms with Crippen molar-refractivity contribution in [1.82, 2.24) is 24.9 Å². The topological polar surface area (TPSA) is 54.4 Å². The van der Waals surface area contributed by atoms with Gasteiger partial charge < -0.3 is 15.1 Å². The number of likely N-dealkylation sites (N-methyl/N-ethyl adjacent to an activating group) is 1. The highest BCUT2D eigenvalue weighted by molar-refractivity contribution is 14.0. The molecule has 3 saturated heterocycles. The van der Waals surface area contributed by atoms with Crippen molar-refractivity contribution in [1.29, 1.82) is 0 Å². The highest BCUT2D eigenvalue weighted by Gasteiger charge is 2.32. The Labute approximate surface area is 216 Å². The Morgan fingerprint density at radius 3 is 2.39 bits per heavy atom. The molecule has 1 N–H and O–H groups in total. The summed E-state index contributed by atoms with van der Waals surface area (Å²) in [6.45, 7) is 7.93. The van der Waals surface area contributed by atoms with Crippen LogP contribution in [0.2, 0.25) is 0 Å². The second kappa shape index (κ2) is 12.9. The van der Waals surface area contributed by atoms with Crippen molar-refractivity contribution < 1.29 is 4.79 Å². The Morgan fingerprint density at radius 2 is 1.73 bits per heavy atom. The van der Waals surface area contributed by atoms with Crippen LogP contribution in [0.4, 0.5) is 0 Å². The Morgan fingerprint density at radius 1 is 1.03 bits per heavy atom. The number of amides is 1. The maximum absolute atomic E-state index is 12.2. The number of guanidine groups is 1.